The van der Waals surface area contributed by atoms with Gasteiger partial charge in [-0.15, -0.1) is 0 Å². The van der Waals surface area contributed by atoms with E-state index in [9.17, 15) is 9.90 Å². The second-order valence-corrected chi connectivity index (χ2v) is 9.14. The molecular formula is C28H33N3O3. The molecule has 1 aliphatic heterocycles. The Morgan fingerprint density at radius 2 is 1.79 bits per heavy atom. The number of aliphatic hydroxyl groups is 2. The third-order valence-corrected chi connectivity index (χ3v) is 6.50. The summed E-state index contributed by atoms with van der Waals surface area (Å²) in [5.74, 6) is -0.0378. The van der Waals surface area contributed by atoms with Gasteiger partial charge in [-0.2, -0.15) is 0 Å². The molecule has 0 unspecified atom stereocenters. The summed E-state index contributed by atoms with van der Waals surface area (Å²) in [4.78, 5) is 18.8. The first-order valence-corrected chi connectivity index (χ1v) is 11.9. The van der Waals surface area contributed by atoms with Gasteiger partial charge in [-0.1, -0.05) is 48.5 Å². The van der Waals surface area contributed by atoms with Crippen LogP contribution in [0.25, 0.3) is 0 Å². The van der Waals surface area contributed by atoms with Crippen LogP contribution in [-0.4, -0.2) is 51.7 Å². The molecular weight excluding hydrogens is 426 g/mol. The van der Waals surface area contributed by atoms with Crippen LogP contribution in [0.4, 0.5) is 0 Å². The Hall–Kier alpha value is -3.06. The van der Waals surface area contributed by atoms with Gasteiger partial charge in [0.05, 0.1) is 6.10 Å². The van der Waals surface area contributed by atoms with Crippen LogP contribution in [0.2, 0.25) is 0 Å². The number of amides is 1. The molecule has 1 saturated heterocycles. The number of nitrogens with one attached hydrogen (secondary N) is 1. The van der Waals surface area contributed by atoms with Crippen LogP contribution in [-0.2, 0) is 19.4 Å². The third-order valence-electron chi connectivity index (χ3n) is 6.50. The van der Waals surface area contributed by atoms with Crippen LogP contribution < -0.4 is 5.32 Å². The zero-order valence-electron chi connectivity index (χ0n) is 19.6. The largest absolute Gasteiger partial charge is 0.396 e. The second-order valence-electron chi connectivity index (χ2n) is 9.14. The van der Waals surface area contributed by atoms with Crippen LogP contribution in [0.3, 0.4) is 0 Å². The van der Waals surface area contributed by atoms with Gasteiger partial charge in [0.2, 0.25) is 0 Å². The van der Waals surface area contributed by atoms with Crippen molar-refractivity contribution in [3.63, 3.8) is 0 Å². The Morgan fingerprint density at radius 1 is 1.06 bits per heavy atom. The van der Waals surface area contributed by atoms with E-state index >= 15 is 0 Å². The van der Waals surface area contributed by atoms with Gasteiger partial charge >= 0.3 is 0 Å². The molecule has 0 spiro atoms. The molecule has 0 aliphatic carbocycles. The molecule has 1 fully saturated rings. The van der Waals surface area contributed by atoms with Gasteiger partial charge in [0, 0.05) is 50.2 Å². The molecule has 3 atom stereocenters. The lowest BCUT2D eigenvalue weighted by Gasteiger charge is -2.20. The highest BCUT2D eigenvalue weighted by Gasteiger charge is 2.29. The molecule has 34 heavy (non-hydrogen) atoms. The van der Waals surface area contributed by atoms with Gasteiger partial charge in [0.1, 0.15) is 0 Å². The van der Waals surface area contributed by atoms with Crippen LogP contribution in [0.15, 0.2) is 73.1 Å². The summed E-state index contributed by atoms with van der Waals surface area (Å²) in [5.41, 5.74) is 4.68. The molecule has 1 amide bonds. The standard InChI is InChI=1S/C28H33N3O3/c1-31(19-22-15-21(13-14-32)17-29-18-22)28(34)24-9-7-20(8-10-24)16-25-11-12-26(30-25)27(33)23-5-3-2-4-6-23/h2-10,15,17-18,25-27,30,32-33H,11-14,16,19H2,1H3/t25-,26+,27+/m0/s1. The van der Waals surface area contributed by atoms with E-state index < -0.39 is 6.10 Å². The maximum Gasteiger partial charge on any atom is 0.253 e. The fraction of sp³-hybridized carbons (Fsp3) is 0.357. The molecule has 6 nitrogen and oxygen atoms in total. The van der Waals surface area contributed by atoms with Crippen molar-refractivity contribution in [1.29, 1.82) is 0 Å². The molecule has 2 aromatic carbocycles. The average molecular weight is 460 g/mol. The Balaban J connectivity index is 1.30. The number of carbonyl (C=O) groups is 1. The van der Waals surface area contributed by atoms with Crippen molar-refractivity contribution in [3.05, 3.63) is 101 Å². The van der Waals surface area contributed by atoms with Gasteiger partial charge in [-0.3, -0.25) is 9.78 Å². The van der Waals surface area contributed by atoms with Gasteiger partial charge < -0.3 is 20.4 Å². The molecule has 1 aromatic heterocycles. The first kappa shape index (κ1) is 24.1. The van der Waals surface area contributed by atoms with Gasteiger partial charge in [-0.05, 0) is 60.1 Å². The first-order chi connectivity index (χ1) is 16.5. The molecule has 2 heterocycles. The number of hydrogen-bond acceptors (Lipinski definition) is 5. The zero-order valence-corrected chi connectivity index (χ0v) is 19.6. The first-order valence-electron chi connectivity index (χ1n) is 11.9. The minimum Gasteiger partial charge on any atom is -0.396 e. The number of aromatic nitrogens is 1. The van der Waals surface area contributed by atoms with Crippen molar-refractivity contribution >= 4 is 5.91 Å². The number of rotatable bonds is 9. The SMILES string of the molecule is CN(Cc1cncc(CCO)c1)C(=O)c1ccc(C[C@@H]2CC[C@H]([C@H](O)c3ccccc3)N2)cc1. The summed E-state index contributed by atoms with van der Waals surface area (Å²) < 4.78 is 0. The molecule has 0 bridgehead atoms. The number of carbonyl (C=O) groups excluding carboxylic acids is 1. The molecule has 6 heteroatoms. The number of aliphatic hydroxyl groups excluding tert-OH is 2. The van der Waals surface area contributed by atoms with E-state index in [0.717, 1.165) is 36.0 Å². The topological polar surface area (TPSA) is 85.7 Å². The van der Waals surface area contributed by atoms with E-state index in [0.29, 0.717) is 24.6 Å². The maximum atomic E-state index is 12.9. The summed E-state index contributed by atoms with van der Waals surface area (Å²) in [6.45, 7) is 0.543. The van der Waals surface area contributed by atoms with Crippen molar-refractivity contribution in [3.8, 4) is 0 Å². The van der Waals surface area contributed by atoms with Crippen LogP contribution >= 0.6 is 0 Å². The van der Waals surface area contributed by atoms with E-state index in [1.54, 1.807) is 24.3 Å². The second kappa shape index (κ2) is 11.4. The predicted molar refractivity (Wildman–Crippen MR) is 132 cm³/mol. The summed E-state index contributed by atoms with van der Waals surface area (Å²) in [6.07, 6.45) is 6.38. The average Bonchev–Trinajstić information content (AvgIpc) is 3.33. The summed E-state index contributed by atoms with van der Waals surface area (Å²) in [7, 11) is 1.79. The highest BCUT2D eigenvalue weighted by molar-refractivity contribution is 5.94. The molecule has 1 aliphatic rings. The minimum atomic E-state index is -0.499. The monoisotopic (exact) mass is 459 g/mol. The molecule has 0 radical (unpaired) electrons. The number of nitrogens with zero attached hydrogens (tertiary/aromatic N) is 2. The Labute approximate surface area is 201 Å². The quantitative estimate of drug-likeness (QED) is 0.457. The van der Waals surface area contributed by atoms with Gasteiger partial charge in [0.15, 0.2) is 0 Å². The van der Waals surface area contributed by atoms with Crippen LogP contribution in [0.1, 0.15) is 51.6 Å². The van der Waals surface area contributed by atoms with Gasteiger partial charge in [0.25, 0.3) is 5.91 Å². The highest BCUT2D eigenvalue weighted by Crippen LogP contribution is 2.26. The summed E-state index contributed by atoms with van der Waals surface area (Å²) >= 11 is 0. The van der Waals surface area contributed by atoms with Gasteiger partial charge in [-0.25, -0.2) is 0 Å². The normalized spacial score (nSPS) is 18.6. The van der Waals surface area contributed by atoms with E-state index in [1.165, 1.54) is 5.56 Å². The van der Waals surface area contributed by atoms with E-state index in [1.807, 2.05) is 60.7 Å². The Morgan fingerprint density at radius 3 is 2.53 bits per heavy atom. The molecule has 3 N–H and O–H groups in total. The minimum absolute atomic E-state index is 0.0378. The lowest BCUT2D eigenvalue weighted by Crippen LogP contribution is -2.35. The summed E-state index contributed by atoms with van der Waals surface area (Å²) in [5, 5.41) is 23.4. The Kier molecular flexibility index (Phi) is 8.06. The van der Waals surface area contributed by atoms with Crippen molar-refractivity contribution in [2.24, 2.45) is 0 Å². The van der Waals surface area contributed by atoms with E-state index in [4.69, 9.17) is 5.11 Å². The predicted octanol–water partition coefficient (Wildman–Crippen LogP) is 3.29. The fourth-order valence-electron chi connectivity index (χ4n) is 4.67. The number of pyridine rings is 1. The summed E-state index contributed by atoms with van der Waals surface area (Å²) in [6, 6.07) is 20.0. The number of hydrogen-bond donors (Lipinski definition) is 3. The van der Waals surface area contributed by atoms with E-state index in [-0.39, 0.29) is 18.6 Å². The fourth-order valence-corrected chi connectivity index (χ4v) is 4.67. The maximum absolute atomic E-state index is 12.9. The lowest BCUT2D eigenvalue weighted by molar-refractivity contribution is 0.0785. The van der Waals surface area contributed by atoms with Crippen molar-refractivity contribution < 1.29 is 15.0 Å². The highest BCUT2D eigenvalue weighted by atomic mass is 16.3. The Bertz CT molecular complexity index is 1070. The van der Waals surface area contributed by atoms with Crippen molar-refractivity contribution in [2.45, 2.75) is 50.4 Å². The van der Waals surface area contributed by atoms with Crippen LogP contribution in [0, 0.1) is 0 Å². The molecule has 4 rings (SSSR count). The molecule has 3 aromatic rings. The molecule has 0 saturated carbocycles. The number of benzene rings is 2. The molecule has 178 valence electrons. The van der Waals surface area contributed by atoms with Crippen LogP contribution in [0.5, 0.6) is 0 Å². The van der Waals surface area contributed by atoms with E-state index in [2.05, 4.69) is 10.3 Å². The lowest BCUT2D eigenvalue weighted by atomic mass is 10.0. The zero-order chi connectivity index (χ0) is 23.9. The van der Waals surface area contributed by atoms with Crippen molar-refractivity contribution in [2.75, 3.05) is 13.7 Å². The smallest absolute Gasteiger partial charge is 0.253 e. The third kappa shape index (κ3) is 6.08. The van der Waals surface area contributed by atoms with Crippen molar-refractivity contribution in [1.82, 2.24) is 15.2 Å².